The molecule has 0 aromatic heterocycles. The van der Waals surface area contributed by atoms with Crippen molar-refractivity contribution in [3.05, 3.63) is 66.2 Å². The average Bonchev–Trinajstić information content (AvgIpc) is 2.50. The highest BCUT2D eigenvalue weighted by molar-refractivity contribution is 5.24. The summed E-state index contributed by atoms with van der Waals surface area (Å²) in [5, 5.41) is 3.58. The van der Waals surface area contributed by atoms with E-state index in [4.69, 9.17) is 4.74 Å². The summed E-state index contributed by atoms with van der Waals surface area (Å²) >= 11 is 0. The van der Waals surface area contributed by atoms with Crippen LogP contribution in [0, 0.1) is 0 Å². The summed E-state index contributed by atoms with van der Waals surface area (Å²) in [5.41, 5.74) is 1.31. The van der Waals surface area contributed by atoms with Crippen LogP contribution in [0.2, 0.25) is 0 Å². The van der Waals surface area contributed by atoms with E-state index in [1.165, 1.54) is 12.0 Å². The van der Waals surface area contributed by atoms with Crippen molar-refractivity contribution in [2.75, 3.05) is 6.54 Å². The highest BCUT2D eigenvalue weighted by atomic mass is 16.5. The first-order chi connectivity index (χ1) is 9.43. The Bertz CT molecular complexity index is 497. The Morgan fingerprint density at radius 2 is 1.58 bits per heavy atom. The van der Waals surface area contributed by atoms with Gasteiger partial charge in [-0.05, 0) is 37.1 Å². The molecule has 2 aromatic carbocycles. The van der Waals surface area contributed by atoms with Crippen LogP contribution in [0.4, 0.5) is 0 Å². The van der Waals surface area contributed by atoms with Gasteiger partial charge in [0.25, 0.3) is 0 Å². The van der Waals surface area contributed by atoms with Crippen molar-refractivity contribution in [3.8, 4) is 5.75 Å². The third kappa shape index (κ3) is 2.96. The van der Waals surface area contributed by atoms with E-state index in [1.807, 2.05) is 30.3 Å². The summed E-state index contributed by atoms with van der Waals surface area (Å²) in [7, 11) is 0. The van der Waals surface area contributed by atoms with Crippen LogP contribution in [0.15, 0.2) is 60.7 Å². The maximum absolute atomic E-state index is 6.16. The van der Waals surface area contributed by atoms with E-state index in [1.54, 1.807) is 0 Å². The van der Waals surface area contributed by atoms with E-state index >= 15 is 0 Å². The number of nitrogens with one attached hydrogen (secondary N) is 1. The molecule has 2 atom stereocenters. The van der Waals surface area contributed by atoms with Crippen molar-refractivity contribution in [1.82, 2.24) is 5.32 Å². The van der Waals surface area contributed by atoms with Crippen molar-refractivity contribution in [2.45, 2.75) is 25.0 Å². The van der Waals surface area contributed by atoms with E-state index in [2.05, 4.69) is 35.6 Å². The first-order valence-electron chi connectivity index (χ1n) is 6.93. The van der Waals surface area contributed by atoms with Gasteiger partial charge < -0.3 is 10.1 Å². The molecule has 1 aliphatic heterocycles. The molecule has 1 fully saturated rings. The summed E-state index contributed by atoms with van der Waals surface area (Å²) in [4.78, 5) is 0. The number of benzene rings is 2. The molecule has 2 aromatic rings. The van der Waals surface area contributed by atoms with Gasteiger partial charge in [-0.2, -0.15) is 0 Å². The smallest absolute Gasteiger partial charge is 0.119 e. The van der Waals surface area contributed by atoms with Crippen LogP contribution < -0.4 is 10.1 Å². The third-order valence-corrected chi connectivity index (χ3v) is 3.59. The second-order valence-corrected chi connectivity index (χ2v) is 4.95. The standard InChI is InChI=1S/C17H19NO/c1-3-8-14(9-4-1)17-16(12-7-13-18-17)19-15-10-5-2-6-11-15/h1-6,8-11,16-18H,7,12-13H2. The molecule has 1 aliphatic rings. The lowest BCUT2D eigenvalue weighted by atomic mass is 9.94. The summed E-state index contributed by atoms with van der Waals surface area (Å²) in [6.45, 7) is 1.06. The Hall–Kier alpha value is -1.80. The fourth-order valence-corrected chi connectivity index (χ4v) is 2.65. The zero-order valence-electron chi connectivity index (χ0n) is 11.0. The molecule has 1 saturated heterocycles. The molecule has 2 heteroatoms. The SMILES string of the molecule is c1ccc(OC2CCCNC2c2ccccc2)cc1. The molecule has 0 radical (unpaired) electrons. The van der Waals surface area contributed by atoms with Crippen molar-refractivity contribution < 1.29 is 4.74 Å². The highest BCUT2D eigenvalue weighted by Crippen LogP contribution is 2.27. The average molecular weight is 253 g/mol. The molecule has 0 bridgehead atoms. The fraction of sp³-hybridized carbons (Fsp3) is 0.294. The quantitative estimate of drug-likeness (QED) is 0.903. The molecule has 0 aliphatic carbocycles. The van der Waals surface area contributed by atoms with Crippen molar-refractivity contribution in [1.29, 1.82) is 0 Å². The van der Waals surface area contributed by atoms with E-state index in [0.717, 1.165) is 18.7 Å². The minimum absolute atomic E-state index is 0.207. The van der Waals surface area contributed by atoms with Gasteiger partial charge in [-0.25, -0.2) is 0 Å². The van der Waals surface area contributed by atoms with Gasteiger partial charge in [-0.1, -0.05) is 48.5 Å². The Labute approximate surface area is 114 Å². The molecular formula is C17H19NO. The summed E-state index contributed by atoms with van der Waals surface area (Å²) in [6.07, 6.45) is 2.47. The Morgan fingerprint density at radius 3 is 2.32 bits per heavy atom. The van der Waals surface area contributed by atoms with Gasteiger partial charge in [0.15, 0.2) is 0 Å². The van der Waals surface area contributed by atoms with Gasteiger partial charge in [0, 0.05) is 0 Å². The van der Waals surface area contributed by atoms with Crippen molar-refractivity contribution >= 4 is 0 Å². The Morgan fingerprint density at radius 1 is 0.895 bits per heavy atom. The number of ether oxygens (including phenoxy) is 1. The van der Waals surface area contributed by atoms with Gasteiger partial charge >= 0.3 is 0 Å². The molecule has 0 spiro atoms. The molecule has 1 N–H and O–H groups in total. The van der Waals surface area contributed by atoms with Crippen LogP contribution >= 0.6 is 0 Å². The number of rotatable bonds is 3. The molecule has 1 heterocycles. The Balaban J connectivity index is 1.78. The number of para-hydroxylation sites is 1. The van der Waals surface area contributed by atoms with Crippen LogP contribution in [-0.2, 0) is 0 Å². The molecule has 3 rings (SSSR count). The summed E-state index contributed by atoms with van der Waals surface area (Å²) < 4.78 is 6.16. The fourth-order valence-electron chi connectivity index (χ4n) is 2.65. The van der Waals surface area contributed by atoms with Gasteiger partial charge in [0.2, 0.25) is 0 Å². The predicted octanol–water partition coefficient (Wildman–Crippen LogP) is 3.56. The van der Waals surface area contributed by atoms with Crippen LogP contribution in [0.1, 0.15) is 24.4 Å². The summed E-state index contributed by atoms with van der Waals surface area (Å²) in [5.74, 6) is 0.956. The normalized spacial score (nSPS) is 22.9. The van der Waals surface area contributed by atoms with Crippen LogP contribution in [0.5, 0.6) is 5.75 Å². The molecular weight excluding hydrogens is 234 g/mol. The maximum atomic E-state index is 6.16. The van der Waals surface area contributed by atoms with E-state index in [9.17, 15) is 0 Å². The highest BCUT2D eigenvalue weighted by Gasteiger charge is 2.27. The predicted molar refractivity (Wildman–Crippen MR) is 77.3 cm³/mol. The lowest BCUT2D eigenvalue weighted by Gasteiger charge is -2.33. The zero-order chi connectivity index (χ0) is 12.9. The number of hydrogen-bond donors (Lipinski definition) is 1. The Kier molecular flexibility index (Phi) is 3.80. The molecule has 0 saturated carbocycles. The molecule has 98 valence electrons. The molecule has 2 nitrogen and oxygen atoms in total. The molecule has 0 amide bonds. The van der Waals surface area contributed by atoms with Crippen molar-refractivity contribution in [2.24, 2.45) is 0 Å². The van der Waals surface area contributed by atoms with Crippen molar-refractivity contribution in [3.63, 3.8) is 0 Å². The minimum Gasteiger partial charge on any atom is -0.488 e. The van der Waals surface area contributed by atoms with E-state index in [0.29, 0.717) is 0 Å². The van der Waals surface area contributed by atoms with Crippen LogP contribution in [0.25, 0.3) is 0 Å². The zero-order valence-corrected chi connectivity index (χ0v) is 11.0. The van der Waals surface area contributed by atoms with Gasteiger partial charge in [0.1, 0.15) is 11.9 Å². The topological polar surface area (TPSA) is 21.3 Å². The largest absolute Gasteiger partial charge is 0.488 e. The maximum Gasteiger partial charge on any atom is 0.119 e. The van der Waals surface area contributed by atoms with E-state index < -0.39 is 0 Å². The minimum atomic E-state index is 0.207. The monoisotopic (exact) mass is 253 g/mol. The molecule has 2 unspecified atom stereocenters. The second kappa shape index (κ2) is 5.89. The lowest BCUT2D eigenvalue weighted by molar-refractivity contribution is 0.120. The van der Waals surface area contributed by atoms with E-state index in [-0.39, 0.29) is 12.1 Å². The number of hydrogen-bond acceptors (Lipinski definition) is 2. The van der Waals surface area contributed by atoms with Crippen LogP contribution in [-0.4, -0.2) is 12.6 Å². The first-order valence-corrected chi connectivity index (χ1v) is 6.93. The number of piperidine rings is 1. The van der Waals surface area contributed by atoms with Gasteiger partial charge in [-0.3, -0.25) is 0 Å². The third-order valence-electron chi connectivity index (χ3n) is 3.59. The van der Waals surface area contributed by atoms with Gasteiger partial charge in [-0.15, -0.1) is 0 Å². The van der Waals surface area contributed by atoms with Crippen LogP contribution in [0.3, 0.4) is 0 Å². The van der Waals surface area contributed by atoms with Gasteiger partial charge in [0.05, 0.1) is 6.04 Å². The molecule has 19 heavy (non-hydrogen) atoms. The summed E-state index contributed by atoms with van der Waals surface area (Å²) in [6, 6.07) is 21.0. The first kappa shape index (κ1) is 12.2. The second-order valence-electron chi connectivity index (χ2n) is 4.95. The lowest BCUT2D eigenvalue weighted by Crippen LogP contribution is -2.40.